The second-order valence-corrected chi connectivity index (χ2v) is 8.37. The maximum atomic E-state index is 14.7. The average molecular weight is 482 g/mol. The van der Waals surface area contributed by atoms with Crippen molar-refractivity contribution in [2.45, 2.75) is 13.0 Å². The molecular formula is C24H24F2N6O3. The van der Waals surface area contributed by atoms with E-state index in [2.05, 4.69) is 20.6 Å². The zero-order valence-corrected chi connectivity index (χ0v) is 19.3. The van der Waals surface area contributed by atoms with Gasteiger partial charge >= 0.3 is 12.0 Å². The minimum atomic E-state index is -1.12. The van der Waals surface area contributed by atoms with Crippen LogP contribution in [0.4, 0.5) is 31.0 Å². The Morgan fingerprint density at radius 1 is 1.20 bits per heavy atom. The molecule has 1 atom stereocenters. The molecule has 4 rings (SSSR count). The molecule has 1 aromatic heterocycles. The van der Waals surface area contributed by atoms with E-state index in [9.17, 15) is 23.5 Å². The third kappa shape index (κ3) is 4.76. The van der Waals surface area contributed by atoms with Gasteiger partial charge in [-0.1, -0.05) is 12.1 Å². The number of fused-ring (bicyclic) bond motifs is 1. The highest BCUT2D eigenvalue weighted by Crippen LogP contribution is 2.40. The van der Waals surface area contributed by atoms with E-state index in [1.54, 1.807) is 13.0 Å². The first-order valence-electron chi connectivity index (χ1n) is 10.8. The van der Waals surface area contributed by atoms with E-state index in [-0.39, 0.29) is 17.3 Å². The molecule has 3 N–H and O–H groups in total. The molecule has 3 aromatic rings. The van der Waals surface area contributed by atoms with Crippen molar-refractivity contribution < 1.29 is 23.5 Å². The van der Waals surface area contributed by atoms with Crippen molar-refractivity contribution in [3.63, 3.8) is 0 Å². The number of anilines is 3. The van der Waals surface area contributed by atoms with Crippen LogP contribution in [0, 0.1) is 18.6 Å². The number of aryl methyl sites for hydroxylation is 1. The molecule has 182 valence electrons. The summed E-state index contributed by atoms with van der Waals surface area (Å²) in [6.07, 6.45) is 1.46. The predicted octanol–water partition coefficient (Wildman–Crippen LogP) is 3.69. The fourth-order valence-electron chi connectivity index (χ4n) is 3.84. The number of rotatable bonds is 7. The van der Waals surface area contributed by atoms with Gasteiger partial charge in [0, 0.05) is 24.8 Å². The molecule has 2 amide bonds. The van der Waals surface area contributed by atoms with E-state index >= 15 is 0 Å². The smallest absolute Gasteiger partial charge is 0.335 e. The molecule has 2 heterocycles. The summed E-state index contributed by atoms with van der Waals surface area (Å²) in [5.74, 6) is -2.83. The Morgan fingerprint density at radius 3 is 2.57 bits per heavy atom. The van der Waals surface area contributed by atoms with Crippen molar-refractivity contribution in [2.24, 2.45) is 0 Å². The number of carbonyl (C=O) groups is 2. The third-order valence-corrected chi connectivity index (χ3v) is 5.63. The SMILES string of the molecule is Cc1ccc(C(=O)O)cc1C1NC(=O)N(c2c(F)cccc2F)c2nc(NCCN(C)C)ncc21. The Balaban J connectivity index is 1.87. The molecule has 9 nitrogen and oxygen atoms in total. The minimum Gasteiger partial charge on any atom is -0.478 e. The lowest BCUT2D eigenvalue weighted by molar-refractivity contribution is 0.0696. The van der Waals surface area contributed by atoms with E-state index in [0.29, 0.717) is 29.8 Å². The number of carbonyl (C=O) groups excluding carboxylic acids is 1. The Bertz CT molecular complexity index is 1280. The zero-order valence-electron chi connectivity index (χ0n) is 19.3. The number of hydrogen-bond acceptors (Lipinski definition) is 6. The summed E-state index contributed by atoms with van der Waals surface area (Å²) in [4.78, 5) is 36.4. The summed E-state index contributed by atoms with van der Waals surface area (Å²) >= 11 is 0. The molecule has 11 heteroatoms. The van der Waals surface area contributed by atoms with Crippen LogP contribution in [0.1, 0.15) is 33.1 Å². The highest BCUT2D eigenvalue weighted by atomic mass is 19.1. The van der Waals surface area contributed by atoms with Crippen LogP contribution in [0.3, 0.4) is 0 Å². The van der Waals surface area contributed by atoms with Gasteiger partial charge in [0.1, 0.15) is 17.3 Å². The van der Waals surface area contributed by atoms with Crippen molar-refractivity contribution in [3.05, 3.63) is 76.5 Å². The number of nitrogens with one attached hydrogen (secondary N) is 2. The summed E-state index contributed by atoms with van der Waals surface area (Å²) in [5, 5.41) is 15.2. The van der Waals surface area contributed by atoms with Gasteiger partial charge in [-0.3, -0.25) is 0 Å². The second-order valence-electron chi connectivity index (χ2n) is 8.37. The van der Waals surface area contributed by atoms with Gasteiger partial charge in [-0.05, 0) is 56.4 Å². The van der Waals surface area contributed by atoms with Gasteiger partial charge in [0.2, 0.25) is 5.95 Å². The van der Waals surface area contributed by atoms with Gasteiger partial charge in [0.05, 0.1) is 11.6 Å². The number of aromatic carboxylic acids is 1. The number of carboxylic acid groups (broad SMARTS) is 1. The molecule has 0 saturated heterocycles. The van der Waals surface area contributed by atoms with Crippen molar-refractivity contribution >= 4 is 29.5 Å². The molecule has 2 aromatic carbocycles. The van der Waals surface area contributed by atoms with E-state index in [0.717, 1.165) is 17.0 Å². The molecule has 1 aliphatic rings. The van der Waals surface area contributed by atoms with Crippen LogP contribution in [-0.4, -0.2) is 59.2 Å². The largest absolute Gasteiger partial charge is 0.478 e. The van der Waals surface area contributed by atoms with Crippen molar-refractivity contribution in [1.29, 1.82) is 0 Å². The highest BCUT2D eigenvalue weighted by molar-refractivity contribution is 6.02. The molecule has 0 fully saturated rings. The molecule has 0 radical (unpaired) electrons. The van der Waals surface area contributed by atoms with Crippen LogP contribution >= 0.6 is 0 Å². The Labute approximate surface area is 200 Å². The quantitative estimate of drug-likeness (QED) is 0.471. The van der Waals surface area contributed by atoms with Crippen LogP contribution < -0.4 is 15.5 Å². The Hall–Kier alpha value is -4.12. The Morgan fingerprint density at radius 2 is 1.91 bits per heavy atom. The van der Waals surface area contributed by atoms with Crippen LogP contribution in [0.15, 0.2) is 42.6 Å². The van der Waals surface area contributed by atoms with E-state index < -0.39 is 35.4 Å². The van der Waals surface area contributed by atoms with E-state index in [4.69, 9.17) is 0 Å². The Kier molecular flexibility index (Phi) is 6.61. The average Bonchev–Trinajstić information content (AvgIpc) is 2.80. The fourth-order valence-corrected chi connectivity index (χ4v) is 3.84. The van der Waals surface area contributed by atoms with Crippen molar-refractivity contribution in [1.82, 2.24) is 20.2 Å². The first-order valence-corrected chi connectivity index (χ1v) is 10.8. The number of nitrogens with zero attached hydrogens (tertiary/aromatic N) is 4. The number of halogens is 2. The first-order chi connectivity index (χ1) is 16.7. The van der Waals surface area contributed by atoms with Crippen molar-refractivity contribution in [2.75, 3.05) is 37.4 Å². The highest BCUT2D eigenvalue weighted by Gasteiger charge is 2.38. The summed E-state index contributed by atoms with van der Waals surface area (Å²) in [6.45, 7) is 2.94. The van der Waals surface area contributed by atoms with Gasteiger partial charge < -0.3 is 20.6 Å². The number of hydrogen-bond donors (Lipinski definition) is 3. The van der Waals surface area contributed by atoms with Crippen LogP contribution in [0.25, 0.3) is 0 Å². The summed E-state index contributed by atoms with van der Waals surface area (Å²) in [7, 11) is 3.81. The molecule has 35 heavy (non-hydrogen) atoms. The lowest BCUT2D eigenvalue weighted by Crippen LogP contribution is -2.46. The topological polar surface area (TPSA) is 111 Å². The van der Waals surface area contributed by atoms with Gasteiger partial charge in [-0.25, -0.2) is 28.3 Å². The van der Waals surface area contributed by atoms with Crippen LogP contribution in [0.5, 0.6) is 0 Å². The molecule has 0 spiro atoms. The summed E-state index contributed by atoms with van der Waals surface area (Å²) in [6, 6.07) is 6.20. The second kappa shape index (κ2) is 9.63. The monoisotopic (exact) mass is 482 g/mol. The number of aromatic nitrogens is 2. The first kappa shape index (κ1) is 24.0. The number of benzene rings is 2. The standard InChI is InChI=1S/C24H24F2N6O3/c1-13-7-8-14(22(33)34)11-15(13)19-16-12-28-23(27-9-10-31(2)3)30-21(16)32(24(35)29-19)20-17(25)5-4-6-18(20)26/h4-8,11-12,19H,9-10H2,1-3H3,(H,29,35)(H,33,34)(H,27,28,30). The van der Waals surface area contributed by atoms with Gasteiger partial charge in [-0.15, -0.1) is 0 Å². The molecular weight excluding hydrogens is 458 g/mol. The number of amides is 2. The number of para-hydroxylation sites is 1. The van der Waals surface area contributed by atoms with Crippen LogP contribution in [0.2, 0.25) is 0 Å². The number of carboxylic acids is 1. The van der Waals surface area contributed by atoms with Gasteiger partial charge in [-0.2, -0.15) is 4.98 Å². The lowest BCUT2D eigenvalue weighted by Gasteiger charge is -2.35. The fraction of sp³-hybridized carbons (Fsp3) is 0.250. The number of likely N-dealkylation sites (N-methyl/N-ethyl adjacent to an activating group) is 1. The maximum absolute atomic E-state index is 14.7. The van der Waals surface area contributed by atoms with Crippen molar-refractivity contribution in [3.8, 4) is 0 Å². The normalized spacial score (nSPS) is 15.1. The molecule has 0 saturated carbocycles. The molecule has 1 unspecified atom stereocenters. The summed E-state index contributed by atoms with van der Waals surface area (Å²) in [5.41, 5.74) is 1.04. The maximum Gasteiger partial charge on any atom is 0.335 e. The number of urea groups is 1. The van der Waals surface area contributed by atoms with E-state index in [1.165, 1.54) is 24.4 Å². The molecule has 0 aliphatic carbocycles. The molecule has 1 aliphatic heterocycles. The van der Waals surface area contributed by atoms with E-state index in [1.807, 2.05) is 19.0 Å². The minimum absolute atomic E-state index is 0.00905. The molecule has 0 bridgehead atoms. The lowest BCUT2D eigenvalue weighted by atomic mass is 9.93. The third-order valence-electron chi connectivity index (χ3n) is 5.63. The summed E-state index contributed by atoms with van der Waals surface area (Å²) < 4.78 is 29.5. The van der Waals surface area contributed by atoms with Gasteiger partial charge in [0.25, 0.3) is 0 Å². The predicted molar refractivity (Wildman–Crippen MR) is 126 cm³/mol. The zero-order chi connectivity index (χ0) is 25.3. The van der Waals surface area contributed by atoms with Crippen LogP contribution in [-0.2, 0) is 0 Å². The van der Waals surface area contributed by atoms with Gasteiger partial charge in [0.15, 0.2) is 5.82 Å².